The summed E-state index contributed by atoms with van der Waals surface area (Å²) < 4.78 is 3.12. The second-order valence-corrected chi connectivity index (χ2v) is 8.55. The lowest BCUT2D eigenvalue weighted by atomic mass is 10.1. The molecular formula is C28H25N5O2. The standard InChI is InChI=1S/C28H25N5O2/c1-19-10-12-21(13-11-19)18-30-27(34)22-17-23-26(31-24-9-5-6-15-32(24)28(23)35)33(25(22)29)16-14-20-7-3-2-4-8-20/h2-13,15,17,29H,14,16,18H2,1H3,(H,30,34). The van der Waals surface area contributed by atoms with E-state index in [9.17, 15) is 9.59 Å². The minimum atomic E-state index is -0.400. The average molecular weight is 464 g/mol. The molecule has 0 aliphatic rings. The first-order chi connectivity index (χ1) is 17.0. The van der Waals surface area contributed by atoms with Gasteiger partial charge in [-0.15, -0.1) is 0 Å². The molecule has 35 heavy (non-hydrogen) atoms. The van der Waals surface area contributed by atoms with Crippen molar-refractivity contribution in [3.05, 3.63) is 123 Å². The molecule has 0 unspecified atom stereocenters. The maximum absolute atomic E-state index is 13.3. The molecule has 0 saturated carbocycles. The number of benzene rings is 2. The van der Waals surface area contributed by atoms with E-state index in [-0.39, 0.29) is 16.6 Å². The second-order valence-electron chi connectivity index (χ2n) is 8.55. The summed E-state index contributed by atoms with van der Waals surface area (Å²) in [7, 11) is 0. The molecule has 7 heteroatoms. The third kappa shape index (κ3) is 4.48. The largest absolute Gasteiger partial charge is 0.348 e. The molecule has 5 aromatic rings. The van der Waals surface area contributed by atoms with Gasteiger partial charge in [-0.3, -0.25) is 19.4 Å². The van der Waals surface area contributed by atoms with Gasteiger partial charge in [0.25, 0.3) is 11.5 Å². The van der Waals surface area contributed by atoms with Gasteiger partial charge < -0.3 is 9.88 Å². The van der Waals surface area contributed by atoms with Crippen molar-refractivity contribution in [1.82, 2.24) is 19.3 Å². The number of amides is 1. The Morgan fingerprint density at radius 3 is 2.49 bits per heavy atom. The van der Waals surface area contributed by atoms with Crippen LogP contribution in [0, 0.1) is 12.3 Å². The number of fused-ring (bicyclic) bond motifs is 2. The Bertz CT molecular complexity index is 1650. The topological polar surface area (TPSA) is 92.2 Å². The summed E-state index contributed by atoms with van der Waals surface area (Å²) >= 11 is 0. The molecule has 2 aromatic carbocycles. The van der Waals surface area contributed by atoms with Gasteiger partial charge in [-0.1, -0.05) is 66.2 Å². The first-order valence-corrected chi connectivity index (χ1v) is 11.5. The number of carbonyl (C=O) groups excluding carboxylic acids is 1. The number of rotatable bonds is 6. The summed E-state index contributed by atoms with van der Waals surface area (Å²) in [4.78, 5) is 31.2. The molecule has 7 nitrogen and oxygen atoms in total. The molecule has 0 fully saturated rings. The zero-order valence-corrected chi connectivity index (χ0v) is 19.4. The predicted molar refractivity (Wildman–Crippen MR) is 135 cm³/mol. The van der Waals surface area contributed by atoms with Gasteiger partial charge in [-0.05, 0) is 42.7 Å². The minimum Gasteiger partial charge on any atom is -0.348 e. The van der Waals surface area contributed by atoms with Crippen LogP contribution in [0.15, 0.2) is 89.9 Å². The van der Waals surface area contributed by atoms with Crippen LogP contribution in [0.5, 0.6) is 0 Å². The van der Waals surface area contributed by atoms with Crippen molar-refractivity contribution in [3.8, 4) is 0 Å². The van der Waals surface area contributed by atoms with Gasteiger partial charge in [-0.25, -0.2) is 4.98 Å². The third-order valence-electron chi connectivity index (χ3n) is 6.10. The fourth-order valence-electron chi connectivity index (χ4n) is 4.15. The van der Waals surface area contributed by atoms with E-state index >= 15 is 0 Å². The van der Waals surface area contributed by atoms with Crippen LogP contribution >= 0.6 is 0 Å². The number of nitrogens with one attached hydrogen (secondary N) is 2. The quantitative estimate of drug-likeness (QED) is 0.377. The van der Waals surface area contributed by atoms with Gasteiger partial charge in [-0.2, -0.15) is 0 Å². The van der Waals surface area contributed by atoms with E-state index in [4.69, 9.17) is 5.41 Å². The highest BCUT2D eigenvalue weighted by atomic mass is 16.1. The molecule has 2 N–H and O–H groups in total. The van der Waals surface area contributed by atoms with Crippen LogP contribution < -0.4 is 16.4 Å². The molecule has 0 saturated heterocycles. The Morgan fingerprint density at radius 1 is 0.971 bits per heavy atom. The number of carbonyl (C=O) groups is 1. The first kappa shape index (κ1) is 22.3. The van der Waals surface area contributed by atoms with Crippen LogP contribution in [0.2, 0.25) is 0 Å². The number of hydrogen-bond acceptors (Lipinski definition) is 4. The van der Waals surface area contributed by atoms with Gasteiger partial charge >= 0.3 is 0 Å². The summed E-state index contributed by atoms with van der Waals surface area (Å²) in [6.45, 7) is 2.75. The second kappa shape index (κ2) is 9.38. The number of nitrogens with zero attached hydrogens (tertiary/aromatic N) is 3. The van der Waals surface area contributed by atoms with E-state index in [1.54, 1.807) is 22.9 Å². The maximum atomic E-state index is 13.3. The smallest absolute Gasteiger partial charge is 0.267 e. The van der Waals surface area contributed by atoms with Crippen LogP contribution in [0.4, 0.5) is 0 Å². The first-order valence-electron chi connectivity index (χ1n) is 11.5. The highest BCUT2D eigenvalue weighted by Gasteiger charge is 2.17. The van der Waals surface area contributed by atoms with E-state index in [1.807, 2.05) is 67.6 Å². The summed E-state index contributed by atoms with van der Waals surface area (Å²) in [6.07, 6.45) is 2.29. The molecule has 0 aliphatic heterocycles. The maximum Gasteiger partial charge on any atom is 0.267 e. The predicted octanol–water partition coefficient (Wildman–Crippen LogP) is 3.61. The molecule has 0 aliphatic carbocycles. The molecule has 5 rings (SSSR count). The molecule has 0 spiro atoms. The Hall–Kier alpha value is -4.52. The highest BCUT2D eigenvalue weighted by molar-refractivity contribution is 5.96. The van der Waals surface area contributed by atoms with Gasteiger partial charge in [0, 0.05) is 19.3 Å². The van der Waals surface area contributed by atoms with Crippen LogP contribution in [0.1, 0.15) is 27.0 Å². The van der Waals surface area contributed by atoms with Crippen LogP contribution in [-0.2, 0) is 19.5 Å². The van der Waals surface area contributed by atoms with Gasteiger partial charge in [0.1, 0.15) is 16.8 Å². The van der Waals surface area contributed by atoms with Crippen molar-refractivity contribution >= 4 is 22.6 Å². The summed E-state index contributed by atoms with van der Waals surface area (Å²) in [6, 6.07) is 24.6. The van der Waals surface area contributed by atoms with Crippen molar-refractivity contribution in [2.24, 2.45) is 0 Å². The summed E-state index contributed by atoms with van der Waals surface area (Å²) in [5.74, 6) is -0.400. The Morgan fingerprint density at radius 2 is 1.71 bits per heavy atom. The fraction of sp³-hybridized carbons (Fsp3) is 0.143. The molecule has 3 heterocycles. The molecule has 0 atom stereocenters. The molecule has 3 aromatic heterocycles. The highest BCUT2D eigenvalue weighted by Crippen LogP contribution is 2.12. The van der Waals surface area contributed by atoms with Crippen LogP contribution in [0.25, 0.3) is 16.7 Å². The fourth-order valence-corrected chi connectivity index (χ4v) is 4.15. The lowest BCUT2D eigenvalue weighted by Crippen LogP contribution is -2.35. The Kier molecular flexibility index (Phi) is 5.97. The number of aromatic nitrogens is 3. The number of hydrogen-bond donors (Lipinski definition) is 2. The Labute approximate surface area is 201 Å². The Balaban J connectivity index is 1.59. The van der Waals surface area contributed by atoms with Crippen molar-refractivity contribution in [1.29, 1.82) is 5.41 Å². The third-order valence-corrected chi connectivity index (χ3v) is 6.10. The van der Waals surface area contributed by atoms with Gasteiger partial charge in [0.05, 0.1) is 10.9 Å². The lowest BCUT2D eigenvalue weighted by Gasteiger charge is -2.15. The molecule has 174 valence electrons. The van der Waals surface area contributed by atoms with E-state index in [0.717, 1.165) is 16.7 Å². The van der Waals surface area contributed by atoms with Crippen molar-refractivity contribution in [2.45, 2.75) is 26.4 Å². The zero-order valence-electron chi connectivity index (χ0n) is 19.4. The average Bonchev–Trinajstić information content (AvgIpc) is 2.88. The molecule has 0 bridgehead atoms. The number of aryl methyl sites for hydroxylation is 3. The van der Waals surface area contributed by atoms with Crippen molar-refractivity contribution in [3.63, 3.8) is 0 Å². The van der Waals surface area contributed by atoms with E-state index in [2.05, 4.69) is 10.3 Å². The lowest BCUT2D eigenvalue weighted by molar-refractivity contribution is 0.0948. The monoisotopic (exact) mass is 463 g/mol. The van der Waals surface area contributed by atoms with E-state index in [0.29, 0.717) is 36.2 Å². The summed E-state index contributed by atoms with van der Waals surface area (Å²) in [5, 5.41) is 12.1. The molecule has 0 radical (unpaired) electrons. The van der Waals surface area contributed by atoms with Gasteiger partial charge in [0.15, 0.2) is 0 Å². The van der Waals surface area contributed by atoms with Crippen LogP contribution in [-0.4, -0.2) is 19.9 Å². The summed E-state index contributed by atoms with van der Waals surface area (Å²) in [5.41, 5.74) is 4.00. The SMILES string of the molecule is Cc1ccc(CNC(=O)c2cc3c(=O)n4ccccc4nc3n(CCc3ccccc3)c2=N)cc1. The number of pyridine rings is 2. The minimum absolute atomic E-state index is 0.0296. The van der Waals surface area contributed by atoms with Crippen molar-refractivity contribution < 1.29 is 4.79 Å². The van der Waals surface area contributed by atoms with Gasteiger partial charge in [0.2, 0.25) is 0 Å². The molecule has 1 amide bonds. The zero-order chi connectivity index (χ0) is 24.4. The van der Waals surface area contributed by atoms with E-state index < -0.39 is 5.91 Å². The molecular weight excluding hydrogens is 438 g/mol. The van der Waals surface area contributed by atoms with E-state index in [1.165, 1.54) is 10.5 Å². The van der Waals surface area contributed by atoms with Crippen molar-refractivity contribution in [2.75, 3.05) is 0 Å². The van der Waals surface area contributed by atoms with Crippen LogP contribution in [0.3, 0.4) is 0 Å². The normalized spacial score (nSPS) is 11.1.